The van der Waals surface area contributed by atoms with Crippen LogP contribution in [0.2, 0.25) is 5.02 Å². The second kappa shape index (κ2) is 4.88. The third-order valence-corrected chi connectivity index (χ3v) is 3.41. The lowest BCUT2D eigenvalue weighted by molar-refractivity contribution is 0.102. The number of anilines is 1. The predicted molar refractivity (Wildman–Crippen MR) is 80.5 cm³/mol. The lowest BCUT2D eigenvalue weighted by Crippen LogP contribution is -2.17. The number of hydrogen-bond donors (Lipinski definition) is 3. The van der Waals surface area contributed by atoms with Gasteiger partial charge in [0.15, 0.2) is 5.65 Å². The standard InChI is InChI=1S/C12H7ClN8O2/c13-5-1-2-7-6(3-5)11(23)21-9(14-7)4-8(18-21)10(22)15-12-16-19-20-17-12/h1-4,18H,(H2,15,16,17,19,20,22). The van der Waals surface area contributed by atoms with Gasteiger partial charge in [-0.25, -0.2) is 9.50 Å². The summed E-state index contributed by atoms with van der Waals surface area (Å²) in [6.07, 6.45) is 0. The molecule has 0 spiro atoms. The van der Waals surface area contributed by atoms with Crippen LogP contribution in [-0.4, -0.2) is 41.1 Å². The van der Waals surface area contributed by atoms with E-state index >= 15 is 0 Å². The van der Waals surface area contributed by atoms with E-state index in [9.17, 15) is 9.59 Å². The zero-order valence-electron chi connectivity index (χ0n) is 11.2. The fraction of sp³-hybridized carbons (Fsp3) is 0. The highest BCUT2D eigenvalue weighted by molar-refractivity contribution is 6.31. The molecule has 11 heteroatoms. The normalized spacial score (nSPS) is 11.2. The van der Waals surface area contributed by atoms with Crippen molar-refractivity contribution >= 4 is 40.0 Å². The minimum atomic E-state index is -0.529. The molecule has 1 aromatic carbocycles. The summed E-state index contributed by atoms with van der Waals surface area (Å²) >= 11 is 5.90. The number of amides is 1. The maximum Gasteiger partial charge on any atom is 0.280 e. The number of halogens is 1. The van der Waals surface area contributed by atoms with Gasteiger partial charge in [0.25, 0.3) is 17.4 Å². The maximum atomic E-state index is 12.5. The highest BCUT2D eigenvalue weighted by atomic mass is 35.5. The number of aromatic nitrogens is 7. The van der Waals surface area contributed by atoms with Gasteiger partial charge < -0.3 is 0 Å². The molecule has 114 valence electrons. The van der Waals surface area contributed by atoms with Gasteiger partial charge in [0, 0.05) is 11.1 Å². The summed E-state index contributed by atoms with van der Waals surface area (Å²) in [4.78, 5) is 28.9. The first kappa shape index (κ1) is 13.4. The first-order chi connectivity index (χ1) is 11.1. The summed E-state index contributed by atoms with van der Waals surface area (Å²) in [6, 6.07) is 6.26. The van der Waals surface area contributed by atoms with Gasteiger partial charge in [-0.05, 0) is 23.4 Å². The third-order valence-electron chi connectivity index (χ3n) is 3.18. The number of aromatic amines is 2. The van der Waals surface area contributed by atoms with E-state index in [1.54, 1.807) is 12.1 Å². The average molecular weight is 331 g/mol. The van der Waals surface area contributed by atoms with Gasteiger partial charge in [-0.1, -0.05) is 16.7 Å². The number of carbonyl (C=O) groups is 1. The number of fused-ring (bicyclic) bond motifs is 2. The van der Waals surface area contributed by atoms with E-state index in [1.165, 1.54) is 16.6 Å². The molecule has 0 unspecified atom stereocenters. The molecule has 0 aliphatic carbocycles. The van der Waals surface area contributed by atoms with Gasteiger partial charge in [0.2, 0.25) is 0 Å². The molecule has 0 radical (unpaired) electrons. The Morgan fingerprint density at radius 1 is 1.30 bits per heavy atom. The molecule has 10 nitrogen and oxygen atoms in total. The maximum absolute atomic E-state index is 12.5. The molecule has 3 heterocycles. The molecule has 0 aliphatic rings. The van der Waals surface area contributed by atoms with Crippen LogP contribution in [0.3, 0.4) is 0 Å². The van der Waals surface area contributed by atoms with Crippen LogP contribution < -0.4 is 10.9 Å². The molecule has 3 aromatic heterocycles. The third kappa shape index (κ3) is 2.21. The SMILES string of the molecule is O=C(Nc1nn[nH]n1)c1cc2nc3ccc(Cl)cc3c(=O)n2[nH]1. The zero-order valence-corrected chi connectivity index (χ0v) is 12.0. The van der Waals surface area contributed by atoms with E-state index in [0.717, 1.165) is 0 Å². The quantitative estimate of drug-likeness (QED) is 0.492. The Balaban J connectivity index is 1.84. The summed E-state index contributed by atoms with van der Waals surface area (Å²) in [7, 11) is 0. The van der Waals surface area contributed by atoms with E-state index < -0.39 is 5.91 Å². The Kier molecular flexibility index (Phi) is 2.84. The van der Waals surface area contributed by atoms with Crippen LogP contribution in [0.5, 0.6) is 0 Å². The molecule has 0 saturated carbocycles. The van der Waals surface area contributed by atoms with Crippen molar-refractivity contribution < 1.29 is 4.79 Å². The van der Waals surface area contributed by atoms with E-state index in [-0.39, 0.29) is 17.2 Å². The highest BCUT2D eigenvalue weighted by Crippen LogP contribution is 2.16. The number of rotatable bonds is 2. The van der Waals surface area contributed by atoms with Crippen LogP contribution in [-0.2, 0) is 0 Å². The Morgan fingerprint density at radius 2 is 2.17 bits per heavy atom. The van der Waals surface area contributed by atoms with Crippen LogP contribution >= 0.6 is 11.6 Å². The smallest absolute Gasteiger partial charge is 0.280 e. The minimum Gasteiger partial charge on any atom is -0.286 e. The van der Waals surface area contributed by atoms with Gasteiger partial charge in [-0.3, -0.25) is 20.0 Å². The Labute approximate surface area is 131 Å². The Morgan fingerprint density at radius 3 is 2.96 bits per heavy atom. The topological polar surface area (TPSA) is 134 Å². The summed E-state index contributed by atoms with van der Waals surface area (Å²) in [5.74, 6) is -0.510. The monoisotopic (exact) mass is 330 g/mol. The number of tetrazole rings is 1. The van der Waals surface area contributed by atoms with E-state index in [0.29, 0.717) is 21.6 Å². The van der Waals surface area contributed by atoms with Crippen LogP contribution in [0.25, 0.3) is 16.6 Å². The number of nitrogens with one attached hydrogen (secondary N) is 3. The molecule has 4 rings (SSSR count). The minimum absolute atomic E-state index is 0.0194. The second-order valence-electron chi connectivity index (χ2n) is 4.63. The first-order valence-electron chi connectivity index (χ1n) is 6.38. The van der Waals surface area contributed by atoms with Gasteiger partial charge in [0.05, 0.1) is 10.9 Å². The summed E-state index contributed by atoms with van der Waals surface area (Å²) in [5.41, 5.74) is 0.568. The van der Waals surface area contributed by atoms with Crippen molar-refractivity contribution in [3.05, 3.63) is 45.3 Å². The van der Waals surface area contributed by atoms with Crippen molar-refractivity contribution in [1.82, 2.24) is 35.2 Å². The number of carbonyl (C=O) groups excluding carboxylic acids is 1. The summed E-state index contributed by atoms with van der Waals surface area (Å²) in [6.45, 7) is 0. The molecule has 0 bridgehead atoms. The van der Waals surface area contributed by atoms with Crippen molar-refractivity contribution in [3.63, 3.8) is 0 Å². The summed E-state index contributed by atoms with van der Waals surface area (Å²) < 4.78 is 1.17. The van der Waals surface area contributed by atoms with Crippen LogP contribution in [0.1, 0.15) is 10.5 Å². The van der Waals surface area contributed by atoms with Crippen LogP contribution in [0.4, 0.5) is 5.95 Å². The molecule has 23 heavy (non-hydrogen) atoms. The number of benzene rings is 1. The Bertz CT molecular complexity index is 1100. The molecular formula is C12H7ClN8O2. The first-order valence-corrected chi connectivity index (χ1v) is 6.75. The van der Waals surface area contributed by atoms with Crippen LogP contribution in [0, 0.1) is 0 Å². The van der Waals surface area contributed by atoms with Crippen molar-refractivity contribution in [2.75, 3.05) is 5.32 Å². The lowest BCUT2D eigenvalue weighted by atomic mass is 10.2. The van der Waals surface area contributed by atoms with Gasteiger partial charge in [0.1, 0.15) is 5.69 Å². The number of nitrogens with zero attached hydrogens (tertiary/aromatic N) is 5. The van der Waals surface area contributed by atoms with Crippen molar-refractivity contribution in [3.8, 4) is 0 Å². The van der Waals surface area contributed by atoms with Crippen molar-refractivity contribution in [1.29, 1.82) is 0 Å². The van der Waals surface area contributed by atoms with E-state index in [4.69, 9.17) is 11.6 Å². The van der Waals surface area contributed by atoms with Crippen molar-refractivity contribution in [2.45, 2.75) is 0 Å². The molecule has 3 N–H and O–H groups in total. The molecule has 0 aliphatic heterocycles. The molecule has 4 aromatic rings. The highest BCUT2D eigenvalue weighted by Gasteiger charge is 2.15. The zero-order chi connectivity index (χ0) is 16.0. The Hall–Kier alpha value is -3.27. The molecule has 0 saturated heterocycles. The molecule has 0 atom stereocenters. The summed E-state index contributed by atoms with van der Waals surface area (Å²) in [5, 5.41) is 18.7. The predicted octanol–water partition coefficient (Wildman–Crippen LogP) is 0.595. The van der Waals surface area contributed by atoms with Gasteiger partial charge in [-0.15, -0.1) is 5.10 Å². The number of H-pyrrole nitrogens is 2. The second-order valence-corrected chi connectivity index (χ2v) is 5.07. The van der Waals surface area contributed by atoms with Gasteiger partial charge >= 0.3 is 0 Å². The molecule has 1 amide bonds. The average Bonchev–Trinajstić information content (AvgIpc) is 3.17. The largest absolute Gasteiger partial charge is 0.286 e. The van der Waals surface area contributed by atoms with Gasteiger partial charge in [-0.2, -0.15) is 5.21 Å². The van der Waals surface area contributed by atoms with Crippen LogP contribution in [0.15, 0.2) is 29.1 Å². The molecule has 0 fully saturated rings. The van der Waals surface area contributed by atoms with E-state index in [2.05, 4.69) is 36.0 Å². The fourth-order valence-corrected chi connectivity index (χ4v) is 2.33. The van der Waals surface area contributed by atoms with E-state index in [1.807, 2.05) is 0 Å². The molecular weight excluding hydrogens is 324 g/mol. The van der Waals surface area contributed by atoms with Crippen molar-refractivity contribution in [2.24, 2.45) is 0 Å². The lowest BCUT2D eigenvalue weighted by Gasteiger charge is -1.99. The fourth-order valence-electron chi connectivity index (χ4n) is 2.16. The number of hydrogen-bond acceptors (Lipinski definition) is 6.